The van der Waals surface area contributed by atoms with Crippen LogP contribution in [-0.4, -0.2) is 44.6 Å². The number of rotatable bonds is 7. The summed E-state index contributed by atoms with van der Waals surface area (Å²) >= 11 is 0. The lowest BCUT2D eigenvalue weighted by Crippen LogP contribution is -2.39. The number of carbonyl (C=O) groups is 1. The minimum absolute atomic E-state index is 0.158. The van der Waals surface area contributed by atoms with E-state index in [0.717, 1.165) is 11.1 Å². The van der Waals surface area contributed by atoms with E-state index in [9.17, 15) is 4.79 Å². The molecule has 1 atom stereocenters. The van der Waals surface area contributed by atoms with Crippen LogP contribution in [0.1, 0.15) is 17.2 Å². The van der Waals surface area contributed by atoms with Crippen molar-refractivity contribution in [1.29, 1.82) is 0 Å². The molecule has 0 spiro atoms. The van der Waals surface area contributed by atoms with Crippen LogP contribution in [0, 0.1) is 0 Å². The lowest BCUT2D eigenvalue weighted by atomic mass is 10.1. The SMILES string of the molecule is COC(OC)[C@@H](NC(=O)Cc1ccc2c(c1)OCCO2)c1cccnc1. The molecule has 7 heteroatoms. The Morgan fingerprint density at radius 3 is 2.65 bits per heavy atom. The number of amides is 1. The van der Waals surface area contributed by atoms with Crippen molar-refractivity contribution < 1.29 is 23.7 Å². The number of hydrogen-bond acceptors (Lipinski definition) is 6. The van der Waals surface area contributed by atoms with E-state index < -0.39 is 12.3 Å². The molecule has 1 aliphatic heterocycles. The molecule has 0 fully saturated rings. The number of ether oxygens (including phenoxy) is 4. The Bertz CT molecular complexity index is 734. The molecular weight excluding hydrogens is 336 g/mol. The van der Waals surface area contributed by atoms with E-state index in [4.69, 9.17) is 18.9 Å². The van der Waals surface area contributed by atoms with Gasteiger partial charge in [0.1, 0.15) is 19.3 Å². The van der Waals surface area contributed by atoms with Gasteiger partial charge in [0.2, 0.25) is 5.91 Å². The first kappa shape index (κ1) is 18.2. The maximum absolute atomic E-state index is 12.6. The zero-order chi connectivity index (χ0) is 18.4. The fourth-order valence-electron chi connectivity index (χ4n) is 2.84. The summed E-state index contributed by atoms with van der Waals surface area (Å²) in [6.07, 6.45) is 2.93. The minimum atomic E-state index is -0.622. The molecule has 0 bridgehead atoms. The Morgan fingerprint density at radius 1 is 1.19 bits per heavy atom. The standard InChI is InChI=1S/C19H22N2O5/c1-23-19(24-2)18(14-4-3-7-20-12-14)21-17(22)11-13-5-6-15-16(10-13)26-9-8-25-15/h3-7,10,12,18-19H,8-9,11H2,1-2H3,(H,21,22)/t18-/m0/s1. The molecule has 2 aromatic rings. The number of aromatic nitrogens is 1. The van der Waals surface area contributed by atoms with E-state index in [0.29, 0.717) is 24.7 Å². The van der Waals surface area contributed by atoms with E-state index >= 15 is 0 Å². The molecule has 1 aromatic heterocycles. The van der Waals surface area contributed by atoms with Gasteiger partial charge in [-0.05, 0) is 29.3 Å². The van der Waals surface area contributed by atoms with Crippen molar-refractivity contribution >= 4 is 5.91 Å². The second kappa shape index (κ2) is 8.64. The van der Waals surface area contributed by atoms with E-state index in [1.54, 1.807) is 18.5 Å². The van der Waals surface area contributed by atoms with Gasteiger partial charge in [-0.1, -0.05) is 12.1 Å². The number of hydrogen-bond donors (Lipinski definition) is 1. The number of pyridine rings is 1. The monoisotopic (exact) mass is 358 g/mol. The van der Waals surface area contributed by atoms with Gasteiger partial charge in [0.25, 0.3) is 0 Å². The van der Waals surface area contributed by atoms with Crippen molar-refractivity contribution in [3.05, 3.63) is 53.9 Å². The molecule has 0 aliphatic carbocycles. The second-order valence-corrected chi connectivity index (χ2v) is 5.83. The Balaban J connectivity index is 1.71. The molecule has 1 amide bonds. The van der Waals surface area contributed by atoms with Crippen molar-refractivity contribution in [2.24, 2.45) is 0 Å². The van der Waals surface area contributed by atoms with Gasteiger partial charge in [-0.3, -0.25) is 9.78 Å². The molecule has 1 aromatic carbocycles. The Hall–Kier alpha value is -2.64. The van der Waals surface area contributed by atoms with Crippen LogP contribution >= 0.6 is 0 Å². The lowest BCUT2D eigenvalue weighted by molar-refractivity contribution is -0.138. The lowest BCUT2D eigenvalue weighted by Gasteiger charge is -2.26. The van der Waals surface area contributed by atoms with Gasteiger partial charge in [0, 0.05) is 26.6 Å². The fourth-order valence-corrected chi connectivity index (χ4v) is 2.84. The predicted molar refractivity (Wildman–Crippen MR) is 94.1 cm³/mol. The highest BCUT2D eigenvalue weighted by Crippen LogP contribution is 2.31. The largest absolute Gasteiger partial charge is 0.486 e. The zero-order valence-corrected chi connectivity index (χ0v) is 14.8. The summed E-state index contributed by atoms with van der Waals surface area (Å²) < 4.78 is 21.7. The van der Waals surface area contributed by atoms with Gasteiger partial charge in [-0.25, -0.2) is 0 Å². The first-order valence-corrected chi connectivity index (χ1v) is 8.34. The van der Waals surface area contributed by atoms with Gasteiger partial charge >= 0.3 is 0 Å². The third kappa shape index (κ3) is 4.30. The van der Waals surface area contributed by atoms with Crippen molar-refractivity contribution in [1.82, 2.24) is 10.3 Å². The first-order chi connectivity index (χ1) is 12.7. The average Bonchev–Trinajstić information content (AvgIpc) is 2.68. The number of nitrogens with zero attached hydrogens (tertiary/aromatic N) is 1. The third-order valence-corrected chi connectivity index (χ3v) is 4.07. The van der Waals surface area contributed by atoms with E-state index in [-0.39, 0.29) is 12.3 Å². The Kier molecular flexibility index (Phi) is 6.04. The summed E-state index contributed by atoms with van der Waals surface area (Å²) in [5, 5.41) is 2.96. The number of carbonyl (C=O) groups excluding carboxylic acids is 1. The molecule has 0 saturated heterocycles. The maximum Gasteiger partial charge on any atom is 0.225 e. The summed E-state index contributed by atoms with van der Waals surface area (Å²) in [4.78, 5) is 16.7. The van der Waals surface area contributed by atoms with Gasteiger partial charge in [-0.15, -0.1) is 0 Å². The summed E-state index contributed by atoms with van der Waals surface area (Å²) in [6, 6.07) is 8.71. The summed E-state index contributed by atoms with van der Waals surface area (Å²) in [7, 11) is 3.06. The van der Waals surface area contributed by atoms with E-state index in [2.05, 4.69) is 10.3 Å². The highest BCUT2D eigenvalue weighted by atomic mass is 16.7. The molecule has 1 aliphatic rings. The Morgan fingerprint density at radius 2 is 1.96 bits per heavy atom. The molecule has 0 radical (unpaired) electrons. The fraction of sp³-hybridized carbons (Fsp3) is 0.368. The van der Waals surface area contributed by atoms with Crippen LogP contribution in [0.2, 0.25) is 0 Å². The number of nitrogens with one attached hydrogen (secondary N) is 1. The van der Waals surface area contributed by atoms with Crippen LogP contribution in [0.3, 0.4) is 0 Å². The molecule has 138 valence electrons. The van der Waals surface area contributed by atoms with Crippen LogP contribution < -0.4 is 14.8 Å². The van der Waals surface area contributed by atoms with Gasteiger partial charge in [0.15, 0.2) is 17.8 Å². The zero-order valence-electron chi connectivity index (χ0n) is 14.8. The minimum Gasteiger partial charge on any atom is -0.486 e. The Labute approximate surface area is 152 Å². The molecule has 1 N–H and O–H groups in total. The van der Waals surface area contributed by atoms with E-state index in [1.807, 2.05) is 24.3 Å². The van der Waals surface area contributed by atoms with Crippen molar-refractivity contribution in [3.63, 3.8) is 0 Å². The molecule has 0 unspecified atom stereocenters. The molecule has 26 heavy (non-hydrogen) atoms. The second-order valence-electron chi connectivity index (χ2n) is 5.83. The highest BCUT2D eigenvalue weighted by molar-refractivity contribution is 5.79. The summed E-state index contributed by atoms with van der Waals surface area (Å²) in [6.45, 7) is 1.05. The smallest absolute Gasteiger partial charge is 0.225 e. The third-order valence-electron chi connectivity index (χ3n) is 4.07. The molecule has 2 heterocycles. The van der Waals surface area contributed by atoms with Crippen molar-refractivity contribution in [2.75, 3.05) is 27.4 Å². The molecular formula is C19H22N2O5. The first-order valence-electron chi connectivity index (χ1n) is 8.34. The van der Waals surface area contributed by atoms with Crippen LogP contribution in [0.4, 0.5) is 0 Å². The van der Waals surface area contributed by atoms with Gasteiger partial charge < -0.3 is 24.3 Å². The van der Waals surface area contributed by atoms with Crippen LogP contribution in [0.5, 0.6) is 11.5 Å². The topological polar surface area (TPSA) is 78.9 Å². The summed E-state index contributed by atoms with van der Waals surface area (Å²) in [5.74, 6) is 1.21. The van der Waals surface area contributed by atoms with Crippen molar-refractivity contribution in [3.8, 4) is 11.5 Å². The number of fused-ring (bicyclic) bond motifs is 1. The molecule has 7 nitrogen and oxygen atoms in total. The van der Waals surface area contributed by atoms with Gasteiger partial charge in [-0.2, -0.15) is 0 Å². The summed E-state index contributed by atoms with van der Waals surface area (Å²) in [5.41, 5.74) is 1.64. The normalized spacial score (nSPS) is 14.1. The highest BCUT2D eigenvalue weighted by Gasteiger charge is 2.25. The van der Waals surface area contributed by atoms with Crippen LogP contribution in [0.25, 0.3) is 0 Å². The van der Waals surface area contributed by atoms with Crippen LogP contribution in [-0.2, 0) is 20.7 Å². The van der Waals surface area contributed by atoms with Crippen LogP contribution in [0.15, 0.2) is 42.7 Å². The van der Waals surface area contributed by atoms with Crippen molar-refractivity contribution in [2.45, 2.75) is 18.8 Å². The number of methoxy groups -OCH3 is 2. The molecule has 3 rings (SSSR count). The van der Waals surface area contributed by atoms with Gasteiger partial charge in [0.05, 0.1) is 6.42 Å². The van der Waals surface area contributed by atoms with E-state index in [1.165, 1.54) is 14.2 Å². The average molecular weight is 358 g/mol. The number of benzene rings is 1. The molecule has 0 saturated carbocycles. The quantitative estimate of drug-likeness (QED) is 0.762. The maximum atomic E-state index is 12.6. The predicted octanol–water partition coefficient (Wildman–Crippen LogP) is 1.87.